The Bertz CT molecular complexity index is 803. The lowest BCUT2D eigenvalue weighted by Gasteiger charge is -2.32. The van der Waals surface area contributed by atoms with Crippen LogP contribution in [0.2, 0.25) is 0 Å². The summed E-state index contributed by atoms with van der Waals surface area (Å²) in [5.74, 6) is 1.48. The summed E-state index contributed by atoms with van der Waals surface area (Å²) in [6.07, 6.45) is 0.411. The van der Waals surface area contributed by atoms with Gasteiger partial charge in [-0.1, -0.05) is 51.1 Å². The Balaban J connectivity index is 2.18. The highest BCUT2D eigenvalue weighted by atomic mass is 16.3. The van der Waals surface area contributed by atoms with Crippen molar-refractivity contribution in [3.63, 3.8) is 0 Å². The van der Waals surface area contributed by atoms with Crippen molar-refractivity contribution in [3.8, 4) is 0 Å². The van der Waals surface area contributed by atoms with Crippen LogP contribution in [0, 0.1) is 12.3 Å². The first-order valence-corrected chi connectivity index (χ1v) is 10.2. The molecule has 5 nitrogen and oxygen atoms in total. The highest BCUT2D eigenvalue weighted by molar-refractivity contribution is 5.85. The molecule has 5 heteroatoms. The highest BCUT2D eigenvalue weighted by Gasteiger charge is 2.27. The van der Waals surface area contributed by atoms with E-state index in [1.54, 1.807) is 9.80 Å². The van der Waals surface area contributed by atoms with Gasteiger partial charge < -0.3 is 14.2 Å². The van der Waals surface area contributed by atoms with Crippen molar-refractivity contribution in [1.82, 2.24) is 9.80 Å². The van der Waals surface area contributed by atoms with Crippen LogP contribution in [0.3, 0.4) is 0 Å². The summed E-state index contributed by atoms with van der Waals surface area (Å²) in [6.45, 7) is 12.8. The molecule has 0 aliphatic carbocycles. The highest BCUT2D eigenvalue weighted by Crippen LogP contribution is 2.21. The smallest absolute Gasteiger partial charge is 0.242 e. The summed E-state index contributed by atoms with van der Waals surface area (Å²) in [4.78, 5) is 29.5. The minimum Gasteiger partial charge on any atom is -0.464 e. The number of aryl methyl sites for hydroxylation is 1. The Hall–Kier alpha value is -2.56. The van der Waals surface area contributed by atoms with Crippen molar-refractivity contribution in [1.29, 1.82) is 0 Å². The van der Waals surface area contributed by atoms with Gasteiger partial charge in [-0.2, -0.15) is 0 Å². The zero-order chi connectivity index (χ0) is 21.6. The maximum Gasteiger partial charge on any atom is 0.242 e. The molecule has 1 heterocycles. The van der Waals surface area contributed by atoms with Crippen LogP contribution in [0.15, 0.2) is 46.9 Å². The molecule has 0 aliphatic heterocycles. The summed E-state index contributed by atoms with van der Waals surface area (Å²) in [7, 11) is 0. The molecular weight excluding hydrogens is 364 g/mol. The molecule has 0 radical (unpaired) electrons. The van der Waals surface area contributed by atoms with E-state index in [4.69, 9.17) is 4.42 Å². The SMILES string of the molecule is Cc1ccc(CN(Cc2ccccc2)C(=O)CN(C(=O)CC(C)(C)C)C(C)C)o1. The van der Waals surface area contributed by atoms with E-state index in [1.807, 2.05) is 84.0 Å². The van der Waals surface area contributed by atoms with Gasteiger partial charge in [-0.3, -0.25) is 9.59 Å². The molecular formula is C24H34N2O3. The summed E-state index contributed by atoms with van der Waals surface area (Å²) in [6, 6.07) is 13.6. The average molecular weight is 399 g/mol. The first kappa shape index (κ1) is 22.7. The second-order valence-electron chi connectivity index (χ2n) is 9.10. The maximum absolute atomic E-state index is 13.2. The van der Waals surface area contributed by atoms with Crippen molar-refractivity contribution >= 4 is 11.8 Å². The van der Waals surface area contributed by atoms with E-state index in [-0.39, 0.29) is 29.8 Å². The molecule has 1 aromatic heterocycles. The quantitative estimate of drug-likeness (QED) is 0.642. The van der Waals surface area contributed by atoms with Gasteiger partial charge in [0.15, 0.2) is 0 Å². The molecule has 2 aromatic rings. The predicted octanol–water partition coefficient (Wildman–Crippen LogP) is 4.79. The molecule has 1 aromatic carbocycles. The van der Waals surface area contributed by atoms with Crippen molar-refractivity contribution < 1.29 is 14.0 Å². The Kier molecular flexibility index (Phi) is 7.66. The molecule has 0 spiro atoms. The van der Waals surface area contributed by atoms with Gasteiger partial charge in [0.25, 0.3) is 0 Å². The fourth-order valence-corrected chi connectivity index (χ4v) is 3.15. The fraction of sp³-hybridized carbons (Fsp3) is 0.500. The van der Waals surface area contributed by atoms with Crippen molar-refractivity contribution in [3.05, 3.63) is 59.5 Å². The summed E-state index contributed by atoms with van der Waals surface area (Å²) >= 11 is 0. The number of hydrogen-bond donors (Lipinski definition) is 0. The minimum atomic E-state index is -0.122. The Morgan fingerprint density at radius 3 is 2.14 bits per heavy atom. The third kappa shape index (κ3) is 7.41. The lowest BCUT2D eigenvalue weighted by Crippen LogP contribution is -2.46. The molecule has 2 rings (SSSR count). The molecule has 0 fully saturated rings. The van der Waals surface area contributed by atoms with Gasteiger partial charge in [-0.15, -0.1) is 0 Å². The first-order valence-electron chi connectivity index (χ1n) is 10.2. The average Bonchev–Trinajstić information content (AvgIpc) is 3.02. The second kappa shape index (κ2) is 9.77. The Morgan fingerprint density at radius 2 is 1.62 bits per heavy atom. The van der Waals surface area contributed by atoms with Gasteiger partial charge >= 0.3 is 0 Å². The topological polar surface area (TPSA) is 53.8 Å². The van der Waals surface area contributed by atoms with E-state index in [9.17, 15) is 9.59 Å². The number of nitrogens with zero attached hydrogens (tertiary/aromatic N) is 2. The fourth-order valence-electron chi connectivity index (χ4n) is 3.15. The number of amides is 2. The van der Waals surface area contributed by atoms with E-state index in [0.29, 0.717) is 19.5 Å². The van der Waals surface area contributed by atoms with E-state index >= 15 is 0 Å². The van der Waals surface area contributed by atoms with Gasteiger partial charge in [0.2, 0.25) is 11.8 Å². The third-order valence-electron chi connectivity index (χ3n) is 4.64. The van der Waals surface area contributed by atoms with Gasteiger partial charge in [-0.05, 0) is 43.9 Å². The zero-order valence-electron chi connectivity index (χ0n) is 18.6. The van der Waals surface area contributed by atoms with E-state index < -0.39 is 0 Å². The van der Waals surface area contributed by atoms with Crippen LogP contribution in [0.4, 0.5) is 0 Å². The van der Waals surface area contributed by atoms with Gasteiger partial charge in [0, 0.05) is 19.0 Å². The van der Waals surface area contributed by atoms with Crippen LogP contribution >= 0.6 is 0 Å². The van der Waals surface area contributed by atoms with Crippen molar-refractivity contribution in [2.24, 2.45) is 5.41 Å². The van der Waals surface area contributed by atoms with Crippen LogP contribution in [-0.4, -0.2) is 34.2 Å². The molecule has 0 saturated heterocycles. The number of furan rings is 1. The predicted molar refractivity (Wildman–Crippen MR) is 115 cm³/mol. The molecule has 0 atom stereocenters. The van der Waals surface area contributed by atoms with Crippen LogP contribution in [-0.2, 0) is 22.7 Å². The van der Waals surface area contributed by atoms with Crippen molar-refractivity contribution in [2.45, 2.75) is 67.1 Å². The van der Waals surface area contributed by atoms with Crippen LogP contribution in [0.1, 0.15) is 58.1 Å². The lowest BCUT2D eigenvalue weighted by molar-refractivity contribution is -0.143. The molecule has 29 heavy (non-hydrogen) atoms. The molecule has 2 amide bonds. The zero-order valence-corrected chi connectivity index (χ0v) is 18.6. The molecule has 158 valence electrons. The Morgan fingerprint density at radius 1 is 0.966 bits per heavy atom. The Labute approximate surface area is 174 Å². The summed E-state index contributed by atoms with van der Waals surface area (Å²) < 4.78 is 5.69. The lowest BCUT2D eigenvalue weighted by atomic mass is 9.91. The monoisotopic (exact) mass is 398 g/mol. The van der Waals surface area contributed by atoms with Crippen LogP contribution in [0.5, 0.6) is 0 Å². The van der Waals surface area contributed by atoms with Crippen molar-refractivity contribution in [2.75, 3.05) is 6.54 Å². The molecule has 0 bridgehead atoms. The first-order chi connectivity index (χ1) is 13.5. The maximum atomic E-state index is 13.2. The number of benzene rings is 1. The van der Waals surface area contributed by atoms with Crippen LogP contribution < -0.4 is 0 Å². The minimum absolute atomic E-state index is 0.00866. The normalized spacial score (nSPS) is 11.6. The number of rotatable bonds is 8. The summed E-state index contributed by atoms with van der Waals surface area (Å²) in [5, 5.41) is 0. The van der Waals surface area contributed by atoms with Gasteiger partial charge in [0.05, 0.1) is 13.1 Å². The molecule has 0 N–H and O–H groups in total. The van der Waals surface area contributed by atoms with Crippen LogP contribution in [0.25, 0.3) is 0 Å². The van der Waals surface area contributed by atoms with Gasteiger partial charge in [0.1, 0.15) is 11.5 Å². The molecule has 0 unspecified atom stereocenters. The summed E-state index contributed by atoms with van der Waals surface area (Å²) in [5.41, 5.74) is 0.920. The standard InChI is InChI=1S/C24H34N2O3/c1-18(2)26(22(27)14-24(4,5)6)17-23(28)25(15-20-10-8-7-9-11-20)16-21-13-12-19(3)29-21/h7-13,18H,14-17H2,1-6H3. The number of carbonyl (C=O) groups is 2. The number of carbonyl (C=O) groups excluding carboxylic acids is 2. The van der Waals surface area contributed by atoms with E-state index in [0.717, 1.165) is 17.1 Å². The largest absolute Gasteiger partial charge is 0.464 e. The second-order valence-corrected chi connectivity index (χ2v) is 9.10. The van der Waals surface area contributed by atoms with E-state index in [1.165, 1.54) is 0 Å². The third-order valence-corrected chi connectivity index (χ3v) is 4.64. The molecule has 0 saturated carbocycles. The number of hydrogen-bond acceptors (Lipinski definition) is 3. The molecule has 0 aliphatic rings. The van der Waals surface area contributed by atoms with E-state index in [2.05, 4.69) is 0 Å². The van der Waals surface area contributed by atoms with Gasteiger partial charge in [-0.25, -0.2) is 0 Å².